The molecule has 0 atom stereocenters. The van der Waals surface area contributed by atoms with Gasteiger partial charge in [0.05, 0.1) is 0 Å². The molecule has 0 unspecified atom stereocenters. The van der Waals surface area contributed by atoms with Gasteiger partial charge < -0.3 is 9.47 Å². The molecule has 18 heavy (non-hydrogen) atoms. The molecule has 0 N–H and O–H groups in total. The number of ether oxygens (including phenoxy) is 2. The monoisotopic (exact) mass is 244 g/mol. The molecule has 1 aromatic rings. The highest BCUT2D eigenvalue weighted by atomic mass is 16.6. The van der Waals surface area contributed by atoms with E-state index in [0.717, 1.165) is 29.9 Å². The van der Waals surface area contributed by atoms with E-state index in [9.17, 15) is 4.79 Å². The fourth-order valence-corrected chi connectivity index (χ4v) is 1.97. The summed E-state index contributed by atoms with van der Waals surface area (Å²) in [5.41, 5.74) is 0.876. The van der Waals surface area contributed by atoms with E-state index < -0.39 is 0 Å². The molecule has 0 saturated heterocycles. The molecule has 1 heterocycles. The van der Waals surface area contributed by atoms with Crippen LogP contribution in [0, 0.1) is 5.41 Å². The zero-order chi connectivity index (χ0) is 12.6. The average molecular weight is 244 g/mol. The maximum atomic E-state index is 11.8. The second-order valence-electron chi connectivity index (χ2n) is 5.16. The lowest BCUT2D eigenvalue weighted by molar-refractivity contribution is -0.118. The van der Waals surface area contributed by atoms with Gasteiger partial charge in [0.1, 0.15) is 13.2 Å². The van der Waals surface area contributed by atoms with Gasteiger partial charge in [-0.1, -0.05) is 19.1 Å². The first-order valence-corrected chi connectivity index (χ1v) is 6.30. The van der Waals surface area contributed by atoms with Crippen LogP contribution in [-0.2, 0) is 4.79 Å². The van der Waals surface area contributed by atoms with E-state index in [1.54, 1.807) is 6.08 Å². The van der Waals surface area contributed by atoms with Crippen LogP contribution in [0.2, 0.25) is 0 Å². The van der Waals surface area contributed by atoms with Gasteiger partial charge in [0, 0.05) is 5.41 Å². The third kappa shape index (κ3) is 2.13. The van der Waals surface area contributed by atoms with Crippen molar-refractivity contribution in [1.82, 2.24) is 0 Å². The summed E-state index contributed by atoms with van der Waals surface area (Å²) in [6.07, 6.45) is 5.55. The van der Waals surface area contributed by atoms with Gasteiger partial charge in [0.15, 0.2) is 17.3 Å². The summed E-state index contributed by atoms with van der Waals surface area (Å²) in [6, 6.07) is 5.73. The van der Waals surface area contributed by atoms with Gasteiger partial charge >= 0.3 is 0 Å². The number of rotatable bonds is 3. The van der Waals surface area contributed by atoms with Gasteiger partial charge in [0.25, 0.3) is 0 Å². The molecule has 1 aliphatic carbocycles. The number of hydrogen-bond acceptors (Lipinski definition) is 3. The number of allylic oxidation sites excluding steroid dienone is 1. The molecule has 94 valence electrons. The van der Waals surface area contributed by atoms with Gasteiger partial charge in [-0.15, -0.1) is 0 Å². The van der Waals surface area contributed by atoms with E-state index in [-0.39, 0.29) is 11.2 Å². The standard InChI is InChI=1S/C15H16O3/c1-15(6-7-15)14(16)5-3-11-2-4-12-13(10-11)18-9-8-17-12/h2-5,10H,6-9H2,1H3/b5-3+. The largest absolute Gasteiger partial charge is 0.486 e. The van der Waals surface area contributed by atoms with Crippen molar-refractivity contribution >= 4 is 11.9 Å². The Kier molecular flexibility index (Phi) is 2.62. The molecule has 2 aliphatic rings. The van der Waals surface area contributed by atoms with Gasteiger partial charge in [-0.3, -0.25) is 4.79 Å². The summed E-state index contributed by atoms with van der Waals surface area (Å²) in [5, 5.41) is 0. The molecule has 0 radical (unpaired) electrons. The predicted octanol–water partition coefficient (Wildman–Crippen LogP) is 2.84. The summed E-state index contributed by atoms with van der Waals surface area (Å²) in [5.74, 6) is 1.75. The smallest absolute Gasteiger partial charge is 0.161 e. The Morgan fingerprint density at radius 1 is 1.22 bits per heavy atom. The molecule has 3 nitrogen and oxygen atoms in total. The highest BCUT2D eigenvalue weighted by Gasteiger charge is 2.42. The van der Waals surface area contributed by atoms with Crippen molar-refractivity contribution in [1.29, 1.82) is 0 Å². The molecular weight excluding hydrogens is 228 g/mol. The quantitative estimate of drug-likeness (QED) is 0.767. The van der Waals surface area contributed by atoms with Gasteiger partial charge in [-0.25, -0.2) is 0 Å². The van der Waals surface area contributed by atoms with E-state index in [1.807, 2.05) is 31.2 Å². The van der Waals surface area contributed by atoms with Crippen molar-refractivity contribution in [2.45, 2.75) is 19.8 Å². The molecule has 0 bridgehead atoms. The average Bonchev–Trinajstić information content (AvgIpc) is 3.15. The summed E-state index contributed by atoms with van der Waals surface area (Å²) < 4.78 is 11.0. The maximum Gasteiger partial charge on any atom is 0.161 e. The lowest BCUT2D eigenvalue weighted by atomic mass is 10.0. The molecule has 3 heteroatoms. The minimum absolute atomic E-state index is 0.0929. The second kappa shape index (κ2) is 4.16. The Labute approximate surface area is 106 Å². The molecule has 0 aromatic heterocycles. The number of carbonyl (C=O) groups is 1. The minimum atomic E-state index is -0.0929. The summed E-state index contributed by atoms with van der Waals surface area (Å²) >= 11 is 0. The van der Waals surface area contributed by atoms with Crippen LogP contribution in [0.25, 0.3) is 6.08 Å². The van der Waals surface area contributed by atoms with Gasteiger partial charge in [-0.05, 0) is 36.6 Å². The van der Waals surface area contributed by atoms with Crippen LogP contribution in [0.5, 0.6) is 11.5 Å². The molecule has 1 aliphatic heterocycles. The van der Waals surface area contributed by atoms with Crippen molar-refractivity contribution in [3.05, 3.63) is 29.8 Å². The lowest BCUT2D eigenvalue weighted by Gasteiger charge is -2.18. The van der Waals surface area contributed by atoms with Crippen molar-refractivity contribution in [3.8, 4) is 11.5 Å². The zero-order valence-electron chi connectivity index (χ0n) is 10.4. The van der Waals surface area contributed by atoms with Crippen LogP contribution in [0.15, 0.2) is 24.3 Å². The fourth-order valence-electron chi connectivity index (χ4n) is 1.97. The van der Waals surface area contributed by atoms with Crippen LogP contribution >= 0.6 is 0 Å². The Balaban J connectivity index is 1.76. The van der Waals surface area contributed by atoms with Crippen molar-refractivity contribution in [3.63, 3.8) is 0 Å². The molecule has 0 spiro atoms. The van der Waals surface area contributed by atoms with Crippen molar-refractivity contribution in [2.75, 3.05) is 13.2 Å². The summed E-state index contributed by atoms with van der Waals surface area (Å²) in [6.45, 7) is 3.19. The molecule has 1 saturated carbocycles. The molecular formula is C15H16O3. The lowest BCUT2D eigenvalue weighted by Crippen LogP contribution is -2.15. The number of ketones is 1. The molecule has 1 fully saturated rings. The molecule has 0 amide bonds. The van der Waals surface area contributed by atoms with Crippen molar-refractivity contribution < 1.29 is 14.3 Å². The number of fused-ring (bicyclic) bond motifs is 1. The summed E-state index contributed by atoms with van der Waals surface area (Å²) in [4.78, 5) is 11.8. The number of benzene rings is 1. The van der Waals surface area contributed by atoms with E-state index in [2.05, 4.69) is 0 Å². The van der Waals surface area contributed by atoms with Crippen LogP contribution < -0.4 is 9.47 Å². The van der Waals surface area contributed by atoms with Crippen LogP contribution in [0.4, 0.5) is 0 Å². The Hall–Kier alpha value is -1.77. The van der Waals surface area contributed by atoms with Crippen LogP contribution in [0.3, 0.4) is 0 Å². The van der Waals surface area contributed by atoms with E-state index in [1.165, 1.54) is 0 Å². The highest BCUT2D eigenvalue weighted by molar-refractivity contribution is 5.99. The van der Waals surface area contributed by atoms with Crippen molar-refractivity contribution in [2.24, 2.45) is 5.41 Å². The van der Waals surface area contributed by atoms with Crippen LogP contribution in [-0.4, -0.2) is 19.0 Å². The summed E-state index contributed by atoms with van der Waals surface area (Å²) in [7, 11) is 0. The third-order valence-corrected chi connectivity index (χ3v) is 3.59. The van der Waals surface area contributed by atoms with E-state index in [0.29, 0.717) is 13.2 Å². The van der Waals surface area contributed by atoms with E-state index in [4.69, 9.17) is 9.47 Å². The van der Waals surface area contributed by atoms with E-state index >= 15 is 0 Å². The third-order valence-electron chi connectivity index (χ3n) is 3.59. The second-order valence-corrected chi connectivity index (χ2v) is 5.16. The van der Waals surface area contributed by atoms with Gasteiger partial charge in [0.2, 0.25) is 0 Å². The first-order valence-electron chi connectivity index (χ1n) is 6.30. The Bertz CT molecular complexity index is 512. The Morgan fingerprint density at radius 3 is 2.67 bits per heavy atom. The van der Waals surface area contributed by atoms with Gasteiger partial charge in [-0.2, -0.15) is 0 Å². The first kappa shape index (κ1) is 11.3. The first-order chi connectivity index (χ1) is 8.67. The zero-order valence-corrected chi connectivity index (χ0v) is 10.4. The minimum Gasteiger partial charge on any atom is -0.486 e. The number of carbonyl (C=O) groups excluding carboxylic acids is 1. The number of hydrogen-bond donors (Lipinski definition) is 0. The normalized spacial score (nSPS) is 19.8. The van der Waals surface area contributed by atoms with Crippen LogP contribution in [0.1, 0.15) is 25.3 Å². The SMILES string of the molecule is CC1(C(=O)/C=C/c2ccc3c(c2)OCCO3)CC1. The Morgan fingerprint density at radius 2 is 1.94 bits per heavy atom. The topological polar surface area (TPSA) is 35.5 Å². The highest BCUT2D eigenvalue weighted by Crippen LogP contribution is 2.46. The predicted molar refractivity (Wildman–Crippen MR) is 68.8 cm³/mol. The maximum absolute atomic E-state index is 11.8. The molecule has 1 aromatic carbocycles. The fraction of sp³-hybridized carbons (Fsp3) is 0.400. The molecule has 3 rings (SSSR count).